The summed E-state index contributed by atoms with van der Waals surface area (Å²) in [7, 11) is 0. The number of benzene rings is 1. The lowest BCUT2D eigenvalue weighted by Crippen LogP contribution is -2.14. The number of hydrogen-bond donors (Lipinski definition) is 2. The molecule has 0 aliphatic heterocycles. The summed E-state index contributed by atoms with van der Waals surface area (Å²) in [5.74, 6) is 0.750. The highest BCUT2D eigenvalue weighted by Gasteiger charge is 2.14. The first kappa shape index (κ1) is 12.1. The number of rotatable bonds is 3. The maximum atomic E-state index is 12.1. The first-order valence-electron chi connectivity index (χ1n) is 5.95. The first-order valence-corrected chi connectivity index (χ1v) is 5.95. The number of para-hydroxylation sites is 1. The molecule has 0 saturated carbocycles. The number of hydrogen-bond acceptors (Lipinski definition) is 4. The Labute approximate surface area is 113 Å². The highest BCUT2D eigenvalue weighted by molar-refractivity contribution is 5.89. The van der Waals surface area contributed by atoms with Gasteiger partial charge >= 0.3 is 5.69 Å². The van der Waals surface area contributed by atoms with E-state index >= 15 is 0 Å². The minimum atomic E-state index is -0.333. The lowest BCUT2D eigenvalue weighted by atomic mass is 10.3. The molecule has 1 amide bonds. The standard InChI is InChI=1S/C13H11N5O2/c1-8-15-11(14-7-19)10-12(16-8)18(13(20)17-10)9-5-3-2-4-6-9/h2-7H,1H3,(H,17,20)(H,14,15,16,19). The van der Waals surface area contributed by atoms with Crippen molar-refractivity contribution < 1.29 is 4.79 Å². The molecule has 100 valence electrons. The Morgan fingerprint density at radius 3 is 2.70 bits per heavy atom. The van der Waals surface area contributed by atoms with Gasteiger partial charge in [0.2, 0.25) is 6.41 Å². The highest BCUT2D eigenvalue weighted by Crippen LogP contribution is 2.19. The Kier molecular flexibility index (Phi) is 2.79. The molecule has 2 N–H and O–H groups in total. The number of fused-ring (bicyclic) bond motifs is 1. The van der Waals surface area contributed by atoms with Crippen molar-refractivity contribution in [2.24, 2.45) is 0 Å². The van der Waals surface area contributed by atoms with Crippen molar-refractivity contribution in [1.82, 2.24) is 19.5 Å². The van der Waals surface area contributed by atoms with Crippen LogP contribution in [0.4, 0.5) is 5.82 Å². The van der Waals surface area contributed by atoms with E-state index in [0.29, 0.717) is 29.1 Å². The fourth-order valence-corrected chi connectivity index (χ4v) is 2.07. The normalized spacial score (nSPS) is 10.7. The van der Waals surface area contributed by atoms with Crippen LogP contribution in [0.2, 0.25) is 0 Å². The van der Waals surface area contributed by atoms with Gasteiger partial charge < -0.3 is 10.3 Å². The van der Waals surface area contributed by atoms with E-state index in [2.05, 4.69) is 20.3 Å². The summed E-state index contributed by atoms with van der Waals surface area (Å²) in [5.41, 5.74) is 1.19. The van der Waals surface area contributed by atoms with Gasteiger partial charge in [0, 0.05) is 0 Å². The molecule has 0 radical (unpaired) electrons. The molecule has 0 saturated heterocycles. The zero-order valence-electron chi connectivity index (χ0n) is 10.6. The summed E-state index contributed by atoms with van der Waals surface area (Å²) < 4.78 is 1.44. The van der Waals surface area contributed by atoms with Crippen LogP contribution < -0.4 is 11.0 Å². The van der Waals surface area contributed by atoms with E-state index in [1.165, 1.54) is 4.57 Å². The molecule has 0 aliphatic carbocycles. The zero-order valence-corrected chi connectivity index (χ0v) is 10.6. The Morgan fingerprint density at radius 2 is 2.00 bits per heavy atom. The molecule has 3 aromatic rings. The van der Waals surface area contributed by atoms with E-state index in [9.17, 15) is 9.59 Å². The second-order valence-corrected chi connectivity index (χ2v) is 4.18. The van der Waals surface area contributed by atoms with Crippen molar-refractivity contribution in [3.63, 3.8) is 0 Å². The molecule has 3 rings (SSSR count). The third kappa shape index (κ3) is 1.85. The van der Waals surface area contributed by atoms with Crippen LogP contribution in [0.3, 0.4) is 0 Å². The maximum Gasteiger partial charge on any atom is 0.332 e. The number of aromatic nitrogens is 4. The van der Waals surface area contributed by atoms with E-state index in [1.807, 2.05) is 18.2 Å². The number of anilines is 1. The molecular weight excluding hydrogens is 258 g/mol. The van der Waals surface area contributed by atoms with Gasteiger partial charge in [-0.3, -0.25) is 4.79 Å². The molecule has 0 fully saturated rings. The molecule has 20 heavy (non-hydrogen) atoms. The monoisotopic (exact) mass is 269 g/mol. The Balaban J connectivity index is 2.37. The minimum Gasteiger partial charge on any atom is -0.311 e. The fourth-order valence-electron chi connectivity index (χ4n) is 2.07. The van der Waals surface area contributed by atoms with Gasteiger partial charge in [-0.2, -0.15) is 0 Å². The SMILES string of the molecule is Cc1nc(NC=O)c2[nH]c(=O)n(-c3ccccc3)c2n1. The molecule has 7 heteroatoms. The molecular formula is C13H11N5O2. The van der Waals surface area contributed by atoms with E-state index in [0.717, 1.165) is 0 Å². The number of aromatic amines is 1. The summed E-state index contributed by atoms with van der Waals surface area (Å²) >= 11 is 0. The molecule has 0 atom stereocenters. The molecule has 7 nitrogen and oxygen atoms in total. The predicted octanol–water partition coefficient (Wildman–Crippen LogP) is 0.986. The Bertz CT molecular complexity index is 835. The van der Waals surface area contributed by atoms with Gasteiger partial charge in [-0.05, 0) is 19.1 Å². The van der Waals surface area contributed by atoms with Crippen molar-refractivity contribution in [2.45, 2.75) is 6.92 Å². The minimum absolute atomic E-state index is 0.286. The molecule has 0 bridgehead atoms. The van der Waals surface area contributed by atoms with E-state index in [-0.39, 0.29) is 11.5 Å². The number of nitrogens with zero attached hydrogens (tertiary/aromatic N) is 3. The molecule has 0 spiro atoms. The van der Waals surface area contributed by atoms with Gasteiger partial charge in [-0.15, -0.1) is 0 Å². The second kappa shape index (κ2) is 4.61. The third-order valence-electron chi connectivity index (χ3n) is 2.86. The average Bonchev–Trinajstić information content (AvgIpc) is 2.76. The maximum absolute atomic E-state index is 12.1. The number of carbonyl (C=O) groups excluding carboxylic acids is 1. The van der Waals surface area contributed by atoms with Crippen LogP contribution in [0.5, 0.6) is 0 Å². The van der Waals surface area contributed by atoms with Crippen LogP contribution in [-0.2, 0) is 4.79 Å². The number of amides is 1. The average molecular weight is 269 g/mol. The highest BCUT2D eigenvalue weighted by atomic mass is 16.1. The van der Waals surface area contributed by atoms with Gasteiger partial charge in [0.05, 0.1) is 5.69 Å². The summed E-state index contributed by atoms with van der Waals surface area (Å²) in [4.78, 5) is 33.8. The summed E-state index contributed by atoms with van der Waals surface area (Å²) in [6, 6.07) is 9.14. The van der Waals surface area contributed by atoms with E-state index in [1.54, 1.807) is 19.1 Å². The molecule has 0 aliphatic rings. The number of carbonyl (C=O) groups is 1. The smallest absolute Gasteiger partial charge is 0.311 e. The quantitative estimate of drug-likeness (QED) is 0.693. The van der Waals surface area contributed by atoms with Crippen molar-refractivity contribution in [1.29, 1.82) is 0 Å². The van der Waals surface area contributed by atoms with Crippen LogP contribution in [0.15, 0.2) is 35.1 Å². The fraction of sp³-hybridized carbons (Fsp3) is 0.0769. The largest absolute Gasteiger partial charge is 0.332 e. The van der Waals surface area contributed by atoms with Crippen molar-refractivity contribution in [3.05, 3.63) is 46.6 Å². The first-order chi connectivity index (χ1) is 9.70. The van der Waals surface area contributed by atoms with Gasteiger partial charge in [0.15, 0.2) is 11.5 Å². The van der Waals surface area contributed by atoms with E-state index in [4.69, 9.17) is 0 Å². The number of aryl methyl sites for hydroxylation is 1. The van der Waals surface area contributed by atoms with Crippen LogP contribution in [0.25, 0.3) is 16.9 Å². The van der Waals surface area contributed by atoms with Gasteiger partial charge in [0.25, 0.3) is 0 Å². The number of H-pyrrole nitrogens is 1. The zero-order chi connectivity index (χ0) is 14.1. The van der Waals surface area contributed by atoms with Crippen molar-refractivity contribution in [3.8, 4) is 5.69 Å². The third-order valence-corrected chi connectivity index (χ3v) is 2.86. The van der Waals surface area contributed by atoms with Crippen molar-refractivity contribution >= 4 is 23.4 Å². The predicted molar refractivity (Wildman–Crippen MR) is 73.9 cm³/mol. The van der Waals surface area contributed by atoms with Gasteiger partial charge in [-0.25, -0.2) is 19.3 Å². The summed E-state index contributed by atoms with van der Waals surface area (Å²) in [6.45, 7) is 1.70. The second-order valence-electron chi connectivity index (χ2n) is 4.18. The Morgan fingerprint density at radius 1 is 1.25 bits per heavy atom. The topological polar surface area (TPSA) is 92.7 Å². The van der Waals surface area contributed by atoms with Crippen LogP contribution in [0.1, 0.15) is 5.82 Å². The van der Waals surface area contributed by atoms with Crippen molar-refractivity contribution in [2.75, 3.05) is 5.32 Å². The van der Waals surface area contributed by atoms with Gasteiger partial charge in [0.1, 0.15) is 11.3 Å². The molecule has 2 heterocycles. The molecule has 0 unspecified atom stereocenters. The van der Waals surface area contributed by atoms with Gasteiger partial charge in [-0.1, -0.05) is 18.2 Å². The summed E-state index contributed by atoms with van der Waals surface area (Å²) in [5, 5.41) is 2.47. The Hall–Kier alpha value is -2.96. The van der Waals surface area contributed by atoms with E-state index < -0.39 is 0 Å². The lowest BCUT2D eigenvalue weighted by Gasteiger charge is -2.04. The van der Waals surface area contributed by atoms with Crippen LogP contribution in [0, 0.1) is 6.92 Å². The van der Waals surface area contributed by atoms with Crippen LogP contribution in [-0.4, -0.2) is 25.9 Å². The van der Waals surface area contributed by atoms with Crippen LogP contribution >= 0.6 is 0 Å². The molecule has 1 aromatic carbocycles. The number of nitrogens with one attached hydrogen (secondary N) is 2. The summed E-state index contributed by atoms with van der Waals surface area (Å²) in [6.07, 6.45) is 0.513. The molecule has 2 aromatic heterocycles. The lowest BCUT2D eigenvalue weighted by molar-refractivity contribution is -0.105. The number of imidazole rings is 1.